The third-order valence-corrected chi connectivity index (χ3v) is 5.73. The molecule has 6 heteroatoms. The van der Waals surface area contributed by atoms with Gasteiger partial charge in [-0.25, -0.2) is 4.98 Å². The maximum Gasteiger partial charge on any atom is 0.221 e. The highest BCUT2D eigenvalue weighted by Gasteiger charge is 2.29. The van der Waals surface area contributed by atoms with Crippen LogP contribution in [0.2, 0.25) is 0 Å². The van der Waals surface area contributed by atoms with Crippen LogP contribution in [0.15, 0.2) is 36.7 Å². The molecule has 5 nitrogen and oxygen atoms in total. The Kier molecular flexibility index (Phi) is 3.69. The van der Waals surface area contributed by atoms with Crippen LogP contribution >= 0.6 is 11.3 Å². The zero-order valence-corrected chi connectivity index (χ0v) is 14.4. The van der Waals surface area contributed by atoms with Gasteiger partial charge in [0.2, 0.25) is 5.91 Å². The summed E-state index contributed by atoms with van der Waals surface area (Å²) in [4.78, 5) is 24.4. The molecule has 1 N–H and O–H groups in total. The van der Waals surface area contributed by atoms with Crippen molar-refractivity contribution in [1.82, 2.24) is 15.3 Å². The highest BCUT2D eigenvalue weighted by Crippen LogP contribution is 2.40. The van der Waals surface area contributed by atoms with Crippen LogP contribution in [0.3, 0.4) is 0 Å². The zero-order valence-electron chi connectivity index (χ0n) is 13.6. The summed E-state index contributed by atoms with van der Waals surface area (Å²) in [6.45, 7) is 0.501. The van der Waals surface area contributed by atoms with Crippen molar-refractivity contribution in [3.05, 3.63) is 52.8 Å². The summed E-state index contributed by atoms with van der Waals surface area (Å²) >= 11 is 1.68. The Labute approximate surface area is 144 Å². The third kappa shape index (κ3) is 2.53. The normalized spacial score (nSPS) is 17.2. The second kappa shape index (κ2) is 5.87. The lowest BCUT2D eigenvalue weighted by atomic mass is 9.90. The van der Waals surface area contributed by atoms with Gasteiger partial charge in [0, 0.05) is 49.1 Å². The summed E-state index contributed by atoms with van der Waals surface area (Å²) in [5.74, 6) is 0.0995. The smallest absolute Gasteiger partial charge is 0.221 e. The van der Waals surface area contributed by atoms with E-state index in [0.29, 0.717) is 13.0 Å². The second-order valence-electron chi connectivity index (χ2n) is 6.18. The minimum atomic E-state index is 0.0276. The Hall–Kier alpha value is -2.47. The fraction of sp³-hybridized carbons (Fsp3) is 0.278. The first-order chi connectivity index (χ1) is 11.6. The first-order valence-corrected chi connectivity index (χ1v) is 8.71. The Morgan fingerprint density at radius 1 is 1.29 bits per heavy atom. The fourth-order valence-corrected chi connectivity index (χ4v) is 4.30. The summed E-state index contributed by atoms with van der Waals surface area (Å²) in [7, 11) is 3.99. The van der Waals surface area contributed by atoms with Crippen molar-refractivity contribution in [2.24, 2.45) is 0 Å². The van der Waals surface area contributed by atoms with E-state index in [9.17, 15) is 4.79 Å². The van der Waals surface area contributed by atoms with Gasteiger partial charge in [-0.05, 0) is 17.0 Å². The summed E-state index contributed by atoms with van der Waals surface area (Å²) in [5.41, 5.74) is 2.15. The molecule has 1 aliphatic heterocycles. The van der Waals surface area contributed by atoms with Crippen molar-refractivity contribution in [1.29, 1.82) is 0 Å². The summed E-state index contributed by atoms with van der Waals surface area (Å²) in [5, 5.41) is 6.20. The number of anilines is 1. The average molecular weight is 338 g/mol. The monoisotopic (exact) mass is 338 g/mol. The SMILES string of the molecule is CN(C)c1nc2c(s1)[C@@H](c1cccc3cnccc13)CC(=O)NC2. The highest BCUT2D eigenvalue weighted by atomic mass is 32.1. The van der Waals surface area contributed by atoms with Crippen molar-refractivity contribution in [2.45, 2.75) is 18.9 Å². The number of nitrogens with one attached hydrogen (secondary N) is 1. The quantitative estimate of drug-likeness (QED) is 0.780. The first-order valence-electron chi connectivity index (χ1n) is 7.89. The van der Waals surface area contributed by atoms with Crippen LogP contribution in [-0.2, 0) is 11.3 Å². The van der Waals surface area contributed by atoms with Gasteiger partial charge in [-0.3, -0.25) is 9.78 Å². The Balaban J connectivity index is 1.91. The number of hydrogen-bond donors (Lipinski definition) is 1. The number of hydrogen-bond acceptors (Lipinski definition) is 5. The van der Waals surface area contributed by atoms with Crippen molar-refractivity contribution in [2.75, 3.05) is 19.0 Å². The van der Waals surface area contributed by atoms with Crippen molar-refractivity contribution in [3.8, 4) is 0 Å². The number of amides is 1. The molecule has 3 heterocycles. The average Bonchev–Trinajstić information content (AvgIpc) is 2.95. The molecule has 0 unspecified atom stereocenters. The number of carbonyl (C=O) groups is 1. The molecule has 0 spiro atoms. The largest absolute Gasteiger partial charge is 0.354 e. The number of pyridine rings is 1. The van der Waals surface area contributed by atoms with Gasteiger partial charge in [0.05, 0.1) is 12.2 Å². The third-order valence-electron chi connectivity index (χ3n) is 4.35. The molecule has 4 rings (SSSR count). The van der Waals surface area contributed by atoms with E-state index in [4.69, 9.17) is 4.98 Å². The Morgan fingerprint density at radius 3 is 3.00 bits per heavy atom. The second-order valence-corrected chi connectivity index (χ2v) is 7.19. The molecule has 0 bridgehead atoms. The van der Waals surface area contributed by atoms with Gasteiger partial charge >= 0.3 is 0 Å². The van der Waals surface area contributed by atoms with Crippen LogP contribution in [0.4, 0.5) is 5.13 Å². The molecule has 1 aromatic carbocycles. The van der Waals surface area contributed by atoms with E-state index in [1.54, 1.807) is 17.5 Å². The predicted molar refractivity (Wildman–Crippen MR) is 96.5 cm³/mol. The standard InChI is InChI=1S/C18H18N4OS/c1-22(2)18-21-15-10-20-16(23)8-14(17(15)24-18)13-5-3-4-11-9-19-7-6-12(11)13/h3-7,9,14H,8,10H2,1-2H3,(H,20,23)/t14-/m1/s1. The molecule has 24 heavy (non-hydrogen) atoms. The highest BCUT2D eigenvalue weighted by molar-refractivity contribution is 7.15. The number of fused-ring (bicyclic) bond motifs is 2. The van der Waals surface area contributed by atoms with Gasteiger partial charge in [0.15, 0.2) is 5.13 Å². The van der Waals surface area contributed by atoms with Gasteiger partial charge in [0.1, 0.15) is 0 Å². The molecule has 2 aromatic heterocycles. The van der Waals surface area contributed by atoms with E-state index < -0.39 is 0 Å². The van der Waals surface area contributed by atoms with Crippen LogP contribution in [0, 0.1) is 0 Å². The lowest BCUT2D eigenvalue weighted by Crippen LogP contribution is -2.21. The summed E-state index contributed by atoms with van der Waals surface area (Å²) < 4.78 is 0. The van der Waals surface area contributed by atoms with Crippen LogP contribution in [0.25, 0.3) is 10.8 Å². The molecule has 0 radical (unpaired) electrons. The van der Waals surface area contributed by atoms with Crippen LogP contribution in [0.1, 0.15) is 28.5 Å². The number of carbonyl (C=O) groups excluding carboxylic acids is 1. The van der Waals surface area contributed by atoms with Crippen LogP contribution in [-0.4, -0.2) is 30.0 Å². The maximum absolute atomic E-state index is 12.2. The topological polar surface area (TPSA) is 58.1 Å². The number of rotatable bonds is 2. The van der Waals surface area contributed by atoms with Gasteiger partial charge in [-0.15, -0.1) is 11.3 Å². The molecular formula is C18H18N4OS. The van der Waals surface area contributed by atoms with Crippen molar-refractivity contribution in [3.63, 3.8) is 0 Å². The number of aromatic nitrogens is 2. The van der Waals surface area contributed by atoms with E-state index in [1.807, 2.05) is 37.3 Å². The van der Waals surface area contributed by atoms with E-state index in [2.05, 4.69) is 22.4 Å². The fourth-order valence-electron chi connectivity index (χ4n) is 3.18. The molecule has 0 saturated carbocycles. The minimum Gasteiger partial charge on any atom is -0.354 e. The van der Waals surface area contributed by atoms with Gasteiger partial charge < -0.3 is 10.2 Å². The van der Waals surface area contributed by atoms with Crippen LogP contribution in [0.5, 0.6) is 0 Å². The lowest BCUT2D eigenvalue weighted by Gasteiger charge is -2.16. The summed E-state index contributed by atoms with van der Waals surface area (Å²) in [6.07, 6.45) is 4.12. The van der Waals surface area contributed by atoms with Gasteiger partial charge in [0.25, 0.3) is 0 Å². The van der Waals surface area contributed by atoms with E-state index in [-0.39, 0.29) is 11.8 Å². The number of nitrogens with zero attached hydrogens (tertiary/aromatic N) is 3. The van der Waals surface area contributed by atoms with Gasteiger partial charge in [-0.1, -0.05) is 18.2 Å². The summed E-state index contributed by atoms with van der Waals surface area (Å²) in [6, 6.07) is 8.24. The molecule has 1 amide bonds. The Morgan fingerprint density at radius 2 is 2.17 bits per heavy atom. The number of benzene rings is 1. The lowest BCUT2D eigenvalue weighted by molar-refractivity contribution is -0.121. The molecule has 1 atom stereocenters. The van der Waals surface area contributed by atoms with Crippen molar-refractivity contribution >= 4 is 33.1 Å². The molecule has 0 saturated heterocycles. The van der Waals surface area contributed by atoms with Gasteiger partial charge in [-0.2, -0.15) is 0 Å². The predicted octanol–water partition coefficient (Wildman–Crippen LogP) is 2.91. The van der Waals surface area contributed by atoms with Crippen LogP contribution < -0.4 is 10.2 Å². The molecule has 122 valence electrons. The minimum absolute atomic E-state index is 0.0276. The van der Waals surface area contributed by atoms with Crippen molar-refractivity contribution < 1.29 is 4.79 Å². The molecule has 0 fully saturated rings. The first kappa shape index (κ1) is 15.1. The molecular weight excluding hydrogens is 320 g/mol. The maximum atomic E-state index is 12.2. The van der Waals surface area contributed by atoms with E-state index in [0.717, 1.165) is 21.6 Å². The molecule has 1 aliphatic rings. The van der Waals surface area contributed by atoms with E-state index in [1.165, 1.54) is 10.4 Å². The zero-order chi connectivity index (χ0) is 16.7. The van der Waals surface area contributed by atoms with E-state index >= 15 is 0 Å². The Bertz CT molecular complexity index is 913. The molecule has 3 aromatic rings. The molecule has 0 aliphatic carbocycles. The number of thiazole rings is 1.